The van der Waals surface area contributed by atoms with Gasteiger partial charge in [0.15, 0.2) is 0 Å². The number of rotatable bonds is 2. The minimum Gasteiger partial charge on any atom is -0.497 e. The van der Waals surface area contributed by atoms with E-state index in [1.165, 1.54) is 23.1 Å². The van der Waals surface area contributed by atoms with Crippen LogP contribution in [0.1, 0.15) is 23.1 Å². The summed E-state index contributed by atoms with van der Waals surface area (Å²) in [6.07, 6.45) is 1.19. The van der Waals surface area contributed by atoms with Crippen molar-refractivity contribution in [1.82, 2.24) is 9.80 Å². The highest BCUT2D eigenvalue weighted by Crippen LogP contribution is 2.40. The number of nitrogens with zero attached hydrogens (tertiary/aromatic N) is 2. The number of methoxy groups -OCH3 is 1. The number of fused-ring (bicyclic) bond motifs is 3. The van der Waals surface area contributed by atoms with E-state index in [4.69, 9.17) is 4.74 Å². The first-order chi connectivity index (χ1) is 11.2. The van der Waals surface area contributed by atoms with Gasteiger partial charge in [-0.1, -0.05) is 36.4 Å². The second kappa shape index (κ2) is 5.66. The number of ether oxygens (including phenoxy) is 1. The third-order valence-corrected chi connectivity index (χ3v) is 5.58. The van der Waals surface area contributed by atoms with E-state index in [1.54, 1.807) is 7.11 Å². The van der Waals surface area contributed by atoms with Crippen LogP contribution in [0.3, 0.4) is 0 Å². The van der Waals surface area contributed by atoms with Crippen LogP contribution in [0, 0.1) is 0 Å². The fourth-order valence-corrected chi connectivity index (χ4v) is 4.20. The maximum Gasteiger partial charge on any atom is 0.119 e. The van der Waals surface area contributed by atoms with Crippen LogP contribution >= 0.6 is 0 Å². The Labute approximate surface area is 138 Å². The molecule has 0 spiro atoms. The zero-order valence-electron chi connectivity index (χ0n) is 14.0. The largest absolute Gasteiger partial charge is 0.497 e. The van der Waals surface area contributed by atoms with Gasteiger partial charge in [-0.05, 0) is 42.3 Å². The quantitative estimate of drug-likeness (QED) is 0.847. The van der Waals surface area contributed by atoms with Gasteiger partial charge in [-0.25, -0.2) is 0 Å². The summed E-state index contributed by atoms with van der Waals surface area (Å²) in [6.45, 7) is 4.28. The van der Waals surface area contributed by atoms with E-state index in [1.807, 2.05) is 0 Å². The molecule has 4 rings (SSSR count). The molecule has 2 bridgehead atoms. The molecule has 2 aromatic carbocycles. The van der Waals surface area contributed by atoms with Gasteiger partial charge < -0.3 is 4.74 Å². The molecule has 23 heavy (non-hydrogen) atoms. The molecule has 2 heterocycles. The van der Waals surface area contributed by atoms with Gasteiger partial charge in [0.2, 0.25) is 0 Å². The van der Waals surface area contributed by atoms with E-state index in [9.17, 15) is 0 Å². The molecule has 0 aromatic heterocycles. The van der Waals surface area contributed by atoms with E-state index in [0.717, 1.165) is 31.9 Å². The summed E-state index contributed by atoms with van der Waals surface area (Å²) < 4.78 is 5.43. The van der Waals surface area contributed by atoms with E-state index in [2.05, 4.69) is 65.4 Å². The van der Waals surface area contributed by atoms with Crippen LogP contribution in [0.2, 0.25) is 0 Å². The second-order valence-corrected chi connectivity index (χ2v) is 6.85. The van der Waals surface area contributed by atoms with Crippen LogP contribution in [0.4, 0.5) is 0 Å². The maximum atomic E-state index is 5.43. The molecule has 1 unspecified atom stereocenters. The second-order valence-electron chi connectivity index (χ2n) is 6.85. The summed E-state index contributed by atoms with van der Waals surface area (Å²) in [4.78, 5) is 5.13. The molecule has 3 nitrogen and oxygen atoms in total. The lowest BCUT2D eigenvalue weighted by molar-refractivity contribution is 0.105. The molecule has 2 aromatic rings. The minimum atomic E-state index is 0.127. The van der Waals surface area contributed by atoms with Crippen molar-refractivity contribution < 1.29 is 4.74 Å². The molecule has 0 aliphatic carbocycles. The molecule has 1 fully saturated rings. The van der Waals surface area contributed by atoms with Gasteiger partial charge in [-0.3, -0.25) is 9.80 Å². The van der Waals surface area contributed by atoms with Crippen LogP contribution < -0.4 is 4.74 Å². The van der Waals surface area contributed by atoms with Crippen molar-refractivity contribution in [3.63, 3.8) is 0 Å². The molecule has 0 amide bonds. The van der Waals surface area contributed by atoms with Crippen molar-refractivity contribution in [1.29, 1.82) is 0 Å². The summed E-state index contributed by atoms with van der Waals surface area (Å²) in [6, 6.07) is 17.5. The fraction of sp³-hybridized carbons (Fsp3) is 0.400. The number of benzene rings is 2. The highest BCUT2D eigenvalue weighted by atomic mass is 16.5. The Hall–Kier alpha value is -1.84. The lowest BCUT2D eigenvalue weighted by Crippen LogP contribution is -2.46. The molecule has 0 N–H and O–H groups in total. The van der Waals surface area contributed by atoms with Crippen molar-refractivity contribution >= 4 is 0 Å². The Balaban J connectivity index is 1.76. The molecule has 2 atom stereocenters. The summed E-state index contributed by atoms with van der Waals surface area (Å²) in [5, 5.41) is 0. The summed E-state index contributed by atoms with van der Waals surface area (Å²) in [5.74, 6) is 0.953. The predicted molar refractivity (Wildman–Crippen MR) is 92.5 cm³/mol. The molecule has 3 heteroatoms. The number of hydrogen-bond donors (Lipinski definition) is 0. The molecule has 2 aliphatic heterocycles. The van der Waals surface area contributed by atoms with Crippen molar-refractivity contribution in [2.24, 2.45) is 0 Å². The van der Waals surface area contributed by atoms with E-state index in [0.29, 0.717) is 0 Å². The Morgan fingerprint density at radius 3 is 2.61 bits per heavy atom. The van der Waals surface area contributed by atoms with Gasteiger partial charge in [-0.15, -0.1) is 0 Å². The topological polar surface area (TPSA) is 15.7 Å². The van der Waals surface area contributed by atoms with Gasteiger partial charge in [0, 0.05) is 26.2 Å². The monoisotopic (exact) mass is 308 g/mol. The van der Waals surface area contributed by atoms with Crippen molar-refractivity contribution in [3.8, 4) is 5.75 Å². The molecular weight excluding hydrogens is 284 g/mol. The van der Waals surface area contributed by atoms with Crippen LogP contribution in [-0.2, 0) is 18.6 Å². The highest BCUT2D eigenvalue weighted by Gasteiger charge is 2.44. The summed E-state index contributed by atoms with van der Waals surface area (Å²) in [5.41, 5.74) is 4.39. The fourth-order valence-electron chi connectivity index (χ4n) is 4.20. The Morgan fingerprint density at radius 1 is 1.00 bits per heavy atom. The van der Waals surface area contributed by atoms with E-state index in [-0.39, 0.29) is 5.54 Å². The SMILES string of the molecule is COc1ccc2c(c1)CN(C)[C@@]1(c3ccccc3)CCN(C2)C1. The van der Waals surface area contributed by atoms with Crippen LogP contribution in [-0.4, -0.2) is 37.0 Å². The lowest BCUT2D eigenvalue weighted by Gasteiger charge is -2.41. The predicted octanol–water partition coefficient (Wildman–Crippen LogP) is 3.24. The number of likely N-dealkylation sites (N-methyl/N-ethyl adjacent to an activating group) is 1. The first-order valence-corrected chi connectivity index (χ1v) is 8.36. The third-order valence-electron chi connectivity index (χ3n) is 5.58. The van der Waals surface area contributed by atoms with Gasteiger partial charge >= 0.3 is 0 Å². The van der Waals surface area contributed by atoms with Gasteiger partial charge in [0.1, 0.15) is 5.75 Å². The first-order valence-electron chi connectivity index (χ1n) is 8.36. The molecule has 0 saturated carbocycles. The van der Waals surface area contributed by atoms with Crippen LogP contribution in [0.15, 0.2) is 48.5 Å². The summed E-state index contributed by atoms with van der Waals surface area (Å²) >= 11 is 0. The number of hydrogen-bond acceptors (Lipinski definition) is 3. The molecule has 0 radical (unpaired) electrons. The van der Waals surface area contributed by atoms with Gasteiger partial charge in [0.25, 0.3) is 0 Å². The smallest absolute Gasteiger partial charge is 0.119 e. The molecule has 1 saturated heterocycles. The standard InChI is InChI=1S/C20H24N2O/c1-21-13-17-12-19(23-2)9-8-16(17)14-22-11-10-20(21,15-22)18-6-4-3-5-7-18/h3-9,12H,10-11,13-15H2,1-2H3/t20-/m0/s1. The van der Waals surface area contributed by atoms with Crippen LogP contribution in [0.5, 0.6) is 5.75 Å². The molecule has 120 valence electrons. The Bertz CT molecular complexity index is 700. The zero-order valence-corrected chi connectivity index (χ0v) is 14.0. The normalized spacial score (nSPS) is 27.1. The molecule has 2 aliphatic rings. The lowest BCUT2D eigenvalue weighted by atomic mass is 9.86. The average Bonchev–Trinajstić information content (AvgIpc) is 3.03. The Morgan fingerprint density at radius 2 is 1.83 bits per heavy atom. The van der Waals surface area contributed by atoms with Gasteiger partial charge in [-0.2, -0.15) is 0 Å². The van der Waals surface area contributed by atoms with Crippen molar-refractivity contribution in [2.75, 3.05) is 27.2 Å². The van der Waals surface area contributed by atoms with Crippen molar-refractivity contribution in [3.05, 3.63) is 65.2 Å². The zero-order chi connectivity index (χ0) is 15.9. The van der Waals surface area contributed by atoms with E-state index >= 15 is 0 Å². The van der Waals surface area contributed by atoms with Gasteiger partial charge in [0.05, 0.1) is 12.6 Å². The third kappa shape index (κ3) is 2.44. The Kier molecular flexibility index (Phi) is 3.63. The van der Waals surface area contributed by atoms with Crippen molar-refractivity contribution in [2.45, 2.75) is 25.0 Å². The van der Waals surface area contributed by atoms with E-state index < -0.39 is 0 Å². The first kappa shape index (κ1) is 14.7. The minimum absolute atomic E-state index is 0.127. The maximum absolute atomic E-state index is 5.43. The average molecular weight is 308 g/mol. The summed E-state index contributed by atoms with van der Waals surface area (Å²) in [7, 11) is 4.01. The molecular formula is C20H24N2O. The highest BCUT2D eigenvalue weighted by molar-refractivity contribution is 5.37. The van der Waals surface area contributed by atoms with Crippen LogP contribution in [0.25, 0.3) is 0 Å².